The molecule has 1 aliphatic heterocycles. The standard InChI is InChI=1S/C21H22N2O6/c1-21(19(25)22-20(26)23-21)12-11-14-7-9-15(10-8-14)29-18(24)13-28-17-6-4-3-5-16(17)27-2/h3-10H,11-13H2,1-2H3,(H2,22,23,25,26)/t21-/m0/s1. The molecule has 152 valence electrons. The highest BCUT2D eigenvalue weighted by Crippen LogP contribution is 2.26. The van der Waals surface area contributed by atoms with E-state index in [1.165, 1.54) is 7.11 Å². The summed E-state index contributed by atoms with van der Waals surface area (Å²) in [5.41, 5.74) is 0.0307. The first-order chi connectivity index (χ1) is 13.9. The predicted octanol–water partition coefficient (Wildman–Crippen LogP) is 2.21. The molecule has 0 saturated carbocycles. The summed E-state index contributed by atoms with van der Waals surface area (Å²) in [6, 6.07) is 13.5. The number of benzene rings is 2. The number of methoxy groups -OCH3 is 1. The van der Waals surface area contributed by atoms with Crippen molar-refractivity contribution < 1.29 is 28.6 Å². The van der Waals surface area contributed by atoms with Crippen LogP contribution >= 0.6 is 0 Å². The Balaban J connectivity index is 1.49. The van der Waals surface area contributed by atoms with Crippen molar-refractivity contribution in [3.63, 3.8) is 0 Å². The Labute approximate surface area is 168 Å². The number of ether oxygens (including phenoxy) is 3. The first-order valence-electron chi connectivity index (χ1n) is 9.09. The van der Waals surface area contributed by atoms with Crippen molar-refractivity contribution in [2.24, 2.45) is 0 Å². The molecule has 1 fully saturated rings. The molecule has 8 heteroatoms. The Bertz CT molecular complexity index is 912. The number of aryl methyl sites for hydroxylation is 1. The van der Waals surface area contributed by atoms with Crippen molar-refractivity contribution in [3.8, 4) is 17.2 Å². The molecule has 1 saturated heterocycles. The number of imide groups is 1. The number of nitrogens with one attached hydrogen (secondary N) is 2. The SMILES string of the molecule is COc1ccccc1OCC(=O)Oc1ccc(CC[C@]2(C)NC(=O)NC2=O)cc1. The highest BCUT2D eigenvalue weighted by Gasteiger charge is 2.41. The summed E-state index contributed by atoms with van der Waals surface area (Å²) in [5.74, 6) is 0.509. The summed E-state index contributed by atoms with van der Waals surface area (Å²) in [6.45, 7) is 1.43. The van der Waals surface area contributed by atoms with Crippen LogP contribution in [0.4, 0.5) is 4.79 Å². The fourth-order valence-corrected chi connectivity index (χ4v) is 2.91. The highest BCUT2D eigenvalue weighted by molar-refractivity contribution is 6.06. The van der Waals surface area contributed by atoms with Gasteiger partial charge in [-0.15, -0.1) is 0 Å². The van der Waals surface area contributed by atoms with Gasteiger partial charge in [0.25, 0.3) is 5.91 Å². The van der Waals surface area contributed by atoms with Gasteiger partial charge < -0.3 is 19.5 Å². The molecule has 1 aliphatic rings. The van der Waals surface area contributed by atoms with Crippen LogP contribution in [-0.2, 0) is 16.0 Å². The maximum absolute atomic E-state index is 12.0. The molecular formula is C21H22N2O6. The Morgan fingerprint density at radius 2 is 1.72 bits per heavy atom. The lowest BCUT2D eigenvalue weighted by Crippen LogP contribution is -2.43. The smallest absolute Gasteiger partial charge is 0.349 e. The fraction of sp³-hybridized carbons (Fsp3) is 0.286. The van der Waals surface area contributed by atoms with E-state index in [0.29, 0.717) is 30.1 Å². The zero-order valence-corrected chi connectivity index (χ0v) is 16.2. The van der Waals surface area contributed by atoms with Crippen LogP contribution in [0.5, 0.6) is 17.2 Å². The number of hydrogen-bond acceptors (Lipinski definition) is 6. The molecule has 1 heterocycles. The van der Waals surface area contributed by atoms with E-state index < -0.39 is 17.5 Å². The van der Waals surface area contributed by atoms with E-state index >= 15 is 0 Å². The number of rotatable bonds is 8. The van der Waals surface area contributed by atoms with Crippen LogP contribution in [-0.4, -0.2) is 37.2 Å². The Morgan fingerprint density at radius 3 is 2.34 bits per heavy atom. The van der Waals surface area contributed by atoms with E-state index in [1.54, 1.807) is 43.3 Å². The number of carbonyl (C=O) groups is 3. The van der Waals surface area contributed by atoms with Crippen LogP contribution in [0.1, 0.15) is 18.9 Å². The molecule has 0 aromatic heterocycles. The average Bonchev–Trinajstić information content (AvgIpc) is 2.97. The third kappa shape index (κ3) is 5.04. The minimum Gasteiger partial charge on any atom is -0.493 e. The van der Waals surface area contributed by atoms with Gasteiger partial charge in [0.05, 0.1) is 7.11 Å². The van der Waals surface area contributed by atoms with Gasteiger partial charge in [0.15, 0.2) is 18.1 Å². The molecule has 3 amide bonds. The number of para-hydroxylation sites is 2. The summed E-state index contributed by atoms with van der Waals surface area (Å²) in [4.78, 5) is 35.1. The van der Waals surface area contributed by atoms with Gasteiger partial charge in [0.1, 0.15) is 11.3 Å². The molecule has 29 heavy (non-hydrogen) atoms. The number of amides is 3. The van der Waals surface area contributed by atoms with Crippen molar-refractivity contribution in [2.75, 3.05) is 13.7 Å². The van der Waals surface area contributed by atoms with Crippen molar-refractivity contribution in [1.82, 2.24) is 10.6 Å². The second-order valence-electron chi connectivity index (χ2n) is 6.80. The number of esters is 1. The van der Waals surface area contributed by atoms with Crippen molar-refractivity contribution in [1.29, 1.82) is 0 Å². The summed E-state index contributed by atoms with van der Waals surface area (Å²) in [7, 11) is 1.52. The molecule has 0 unspecified atom stereocenters. The van der Waals surface area contributed by atoms with Crippen LogP contribution in [0.2, 0.25) is 0 Å². The molecule has 2 aromatic rings. The van der Waals surface area contributed by atoms with Crippen LogP contribution in [0.15, 0.2) is 48.5 Å². The van der Waals surface area contributed by atoms with E-state index in [1.807, 2.05) is 12.1 Å². The van der Waals surface area contributed by atoms with Gasteiger partial charge in [-0.3, -0.25) is 10.1 Å². The molecule has 0 bridgehead atoms. The topological polar surface area (TPSA) is 103 Å². The lowest BCUT2D eigenvalue weighted by atomic mass is 9.93. The molecular weight excluding hydrogens is 376 g/mol. The largest absolute Gasteiger partial charge is 0.493 e. The average molecular weight is 398 g/mol. The summed E-state index contributed by atoms with van der Waals surface area (Å²) in [5, 5.41) is 4.87. The van der Waals surface area contributed by atoms with Gasteiger partial charge >= 0.3 is 12.0 Å². The number of urea groups is 1. The monoisotopic (exact) mass is 398 g/mol. The molecule has 0 radical (unpaired) electrons. The quantitative estimate of drug-likeness (QED) is 0.402. The summed E-state index contributed by atoms with van der Waals surface area (Å²) < 4.78 is 15.9. The van der Waals surface area contributed by atoms with Crippen molar-refractivity contribution in [2.45, 2.75) is 25.3 Å². The maximum atomic E-state index is 12.0. The summed E-state index contributed by atoms with van der Waals surface area (Å²) >= 11 is 0. The molecule has 0 aliphatic carbocycles. The first-order valence-corrected chi connectivity index (χ1v) is 9.09. The summed E-state index contributed by atoms with van der Waals surface area (Å²) in [6.07, 6.45) is 1.03. The molecule has 3 rings (SSSR count). The second kappa shape index (κ2) is 8.64. The van der Waals surface area contributed by atoms with Crippen molar-refractivity contribution in [3.05, 3.63) is 54.1 Å². The van der Waals surface area contributed by atoms with Crippen LogP contribution in [0.3, 0.4) is 0 Å². The van der Waals surface area contributed by atoms with Gasteiger partial charge in [-0.25, -0.2) is 9.59 Å². The van der Waals surface area contributed by atoms with E-state index in [4.69, 9.17) is 14.2 Å². The predicted molar refractivity (Wildman–Crippen MR) is 104 cm³/mol. The van der Waals surface area contributed by atoms with Gasteiger partial charge in [0, 0.05) is 0 Å². The van der Waals surface area contributed by atoms with Gasteiger partial charge in [-0.05, 0) is 49.6 Å². The maximum Gasteiger partial charge on any atom is 0.349 e. The molecule has 8 nitrogen and oxygen atoms in total. The molecule has 0 spiro atoms. The van der Waals surface area contributed by atoms with E-state index in [2.05, 4.69) is 10.6 Å². The van der Waals surface area contributed by atoms with E-state index in [-0.39, 0.29) is 12.5 Å². The normalized spacial score (nSPS) is 18.0. The van der Waals surface area contributed by atoms with Crippen LogP contribution < -0.4 is 24.8 Å². The van der Waals surface area contributed by atoms with Gasteiger partial charge in [-0.2, -0.15) is 0 Å². The molecule has 1 atom stereocenters. The van der Waals surface area contributed by atoms with Crippen LogP contribution in [0, 0.1) is 0 Å². The lowest BCUT2D eigenvalue weighted by molar-refractivity contribution is -0.136. The molecule has 2 aromatic carbocycles. The van der Waals surface area contributed by atoms with E-state index in [0.717, 1.165) is 5.56 Å². The highest BCUT2D eigenvalue weighted by atomic mass is 16.6. The van der Waals surface area contributed by atoms with Gasteiger partial charge in [0.2, 0.25) is 0 Å². The fourth-order valence-electron chi connectivity index (χ4n) is 2.91. The zero-order chi connectivity index (χ0) is 20.9. The minimum absolute atomic E-state index is 0.255. The van der Waals surface area contributed by atoms with Crippen molar-refractivity contribution >= 4 is 17.9 Å². The molecule has 2 N–H and O–H groups in total. The van der Waals surface area contributed by atoms with Gasteiger partial charge in [-0.1, -0.05) is 24.3 Å². The van der Waals surface area contributed by atoms with E-state index in [9.17, 15) is 14.4 Å². The lowest BCUT2D eigenvalue weighted by Gasteiger charge is -2.20. The Hall–Kier alpha value is -3.55. The second-order valence-corrected chi connectivity index (χ2v) is 6.80. The van der Waals surface area contributed by atoms with Crippen LogP contribution in [0.25, 0.3) is 0 Å². The number of hydrogen-bond donors (Lipinski definition) is 2. The number of carbonyl (C=O) groups excluding carboxylic acids is 3. The third-order valence-corrected chi connectivity index (χ3v) is 4.60. The first kappa shape index (κ1) is 20.2. The minimum atomic E-state index is -0.919. The Morgan fingerprint density at radius 1 is 1.03 bits per heavy atom. The third-order valence-electron chi connectivity index (χ3n) is 4.60. The Kier molecular flexibility index (Phi) is 6.01. The zero-order valence-electron chi connectivity index (χ0n) is 16.2.